The number of aryl methyl sites for hydroxylation is 1. The monoisotopic (exact) mass is 357 g/mol. The van der Waals surface area contributed by atoms with Gasteiger partial charge in [0.05, 0.1) is 10.0 Å². The van der Waals surface area contributed by atoms with Crippen LogP contribution >= 0.6 is 39.1 Å². The summed E-state index contributed by atoms with van der Waals surface area (Å²) in [6.07, 6.45) is 0. The zero-order chi connectivity index (χ0) is 14.0. The molecule has 19 heavy (non-hydrogen) atoms. The second-order valence-electron chi connectivity index (χ2n) is 4.04. The van der Waals surface area contributed by atoms with E-state index in [-0.39, 0.29) is 5.91 Å². The SMILES string of the molecule is Cc1ccc(Br)cc1C(=O)Nc1ccc(Cl)c(Cl)c1. The van der Waals surface area contributed by atoms with Crippen molar-refractivity contribution < 1.29 is 4.79 Å². The van der Waals surface area contributed by atoms with E-state index in [1.165, 1.54) is 0 Å². The van der Waals surface area contributed by atoms with Crippen molar-refractivity contribution >= 4 is 50.7 Å². The largest absolute Gasteiger partial charge is 0.322 e. The summed E-state index contributed by atoms with van der Waals surface area (Å²) in [5, 5.41) is 3.66. The van der Waals surface area contributed by atoms with Gasteiger partial charge in [-0.3, -0.25) is 4.79 Å². The second kappa shape index (κ2) is 5.95. The highest BCUT2D eigenvalue weighted by molar-refractivity contribution is 9.10. The lowest BCUT2D eigenvalue weighted by atomic mass is 10.1. The minimum absolute atomic E-state index is 0.183. The first-order chi connectivity index (χ1) is 8.97. The fraction of sp³-hybridized carbons (Fsp3) is 0.0714. The molecule has 0 atom stereocenters. The topological polar surface area (TPSA) is 29.1 Å². The molecule has 0 aromatic heterocycles. The highest BCUT2D eigenvalue weighted by Gasteiger charge is 2.10. The predicted molar refractivity (Wildman–Crippen MR) is 83.3 cm³/mol. The Bertz CT molecular complexity index is 643. The lowest BCUT2D eigenvalue weighted by Crippen LogP contribution is -2.13. The molecule has 0 saturated heterocycles. The van der Waals surface area contributed by atoms with Gasteiger partial charge in [0.25, 0.3) is 5.91 Å². The average Bonchev–Trinajstić information content (AvgIpc) is 2.36. The normalized spacial score (nSPS) is 10.3. The van der Waals surface area contributed by atoms with Crippen LogP contribution in [0.2, 0.25) is 10.0 Å². The molecule has 5 heteroatoms. The van der Waals surface area contributed by atoms with Crippen LogP contribution in [0.1, 0.15) is 15.9 Å². The van der Waals surface area contributed by atoms with E-state index in [1.54, 1.807) is 24.3 Å². The van der Waals surface area contributed by atoms with Crippen molar-refractivity contribution in [3.63, 3.8) is 0 Å². The highest BCUT2D eigenvalue weighted by atomic mass is 79.9. The van der Waals surface area contributed by atoms with Gasteiger partial charge in [-0.25, -0.2) is 0 Å². The number of rotatable bonds is 2. The van der Waals surface area contributed by atoms with E-state index in [2.05, 4.69) is 21.2 Å². The fourth-order valence-corrected chi connectivity index (χ4v) is 2.27. The van der Waals surface area contributed by atoms with E-state index in [0.29, 0.717) is 21.3 Å². The fourth-order valence-electron chi connectivity index (χ4n) is 1.61. The molecular weight excluding hydrogens is 349 g/mol. The third-order valence-electron chi connectivity index (χ3n) is 2.62. The second-order valence-corrected chi connectivity index (χ2v) is 5.77. The van der Waals surface area contributed by atoms with E-state index in [1.807, 2.05) is 19.1 Å². The van der Waals surface area contributed by atoms with Crippen LogP contribution in [0.25, 0.3) is 0 Å². The lowest BCUT2D eigenvalue weighted by Gasteiger charge is -2.09. The Hall–Kier alpha value is -1.03. The van der Waals surface area contributed by atoms with Gasteiger partial charge in [-0.05, 0) is 42.8 Å². The van der Waals surface area contributed by atoms with Gasteiger partial charge in [0.15, 0.2) is 0 Å². The summed E-state index contributed by atoms with van der Waals surface area (Å²) in [5.41, 5.74) is 2.12. The molecule has 0 aliphatic rings. The van der Waals surface area contributed by atoms with Crippen LogP contribution in [0, 0.1) is 6.92 Å². The standard InChI is InChI=1S/C14H10BrCl2NO/c1-8-2-3-9(15)6-11(8)14(19)18-10-4-5-12(16)13(17)7-10/h2-7H,1H3,(H,18,19). The summed E-state index contributed by atoms with van der Waals surface area (Å²) in [7, 11) is 0. The molecule has 2 aromatic rings. The van der Waals surface area contributed by atoms with Crippen LogP contribution < -0.4 is 5.32 Å². The Morgan fingerprint density at radius 2 is 1.84 bits per heavy atom. The zero-order valence-electron chi connectivity index (χ0n) is 10.0. The van der Waals surface area contributed by atoms with E-state index in [0.717, 1.165) is 10.0 Å². The predicted octanol–water partition coefficient (Wildman–Crippen LogP) is 5.32. The maximum Gasteiger partial charge on any atom is 0.255 e. The highest BCUT2D eigenvalue weighted by Crippen LogP contribution is 2.25. The number of hydrogen-bond acceptors (Lipinski definition) is 1. The Kier molecular flexibility index (Phi) is 4.50. The number of hydrogen-bond donors (Lipinski definition) is 1. The van der Waals surface area contributed by atoms with Gasteiger partial charge in [-0.1, -0.05) is 45.2 Å². The quantitative estimate of drug-likeness (QED) is 0.773. The van der Waals surface area contributed by atoms with Crippen molar-refractivity contribution in [2.75, 3.05) is 5.32 Å². The van der Waals surface area contributed by atoms with Crippen molar-refractivity contribution in [3.05, 3.63) is 62.0 Å². The summed E-state index contributed by atoms with van der Waals surface area (Å²) in [6, 6.07) is 10.5. The van der Waals surface area contributed by atoms with Gasteiger partial charge >= 0.3 is 0 Å². The minimum atomic E-state index is -0.183. The first-order valence-electron chi connectivity index (χ1n) is 5.50. The number of nitrogens with one attached hydrogen (secondary N) is 1. The van der Waals surface area contributed by atoms with Crippen molar-refractivity contribution in [2.24, 2.45) is 0 Å². The molecule has 0 spiro atoms. The van der Waals surface area contributed by atoms with Crippen LogP contribution in [0.4, 0.5) is 5.69 Å². The number of carbonyl (C=O) groups is 1. The summed E-state index contributed by atoms with van der Waals surface area (Å²) < 4.78 is 0.859. The third-order valence-corrected chi connectivity index (χ3v) is 3.85. The molecule has 0 unspecified atom stereocenters. The van der Waals surface area contributed by atoms with Crippen LogP contribution in [0.3, 0.4) is 0 Å². The first-order valence-corrected chi connectivity index (χ1v) is 7.05. The summed E-state index contributed by atoms with van der Waals surface area (Å²) in [5.74, 6) is -0.183. The summed E-state index contributed by atoms with van der Waals surface area (Å²) in [6.45, 7) is 1.89. The molecule has 0 radical (unpaired) electrons. The molecule has 2 nitrogen and oxygen atoms in total. The van der Waals surface area contributed by atoms with Gasteiger partial charge in [-0.2, -0.15) is 0 Å². The van der Waals surface area contributed by atoms with Crippen molar-refractivity contribution in [1.82, 2.24) is 0 Å². The van der Waals surface area contributed by atoms with E-state index in [9.17, 15) is 4.79 Å². The molecule has 0 heterocycles. The smallest absolute Gasteiger partial charge is 0.255 e. The van der Waals surface area contributed by atoms with Crippen molar-refractivity contribution in [3.8, 4) is 0 Å². The summed E-state index contributed by atoms with van der Waals surface area (Å²) >= 11 is 15.1. The molecule has 0 aliphatic heterocycles. The van der Waals surface area contributed by atoms with Gasteiger partial charge in [0.1, 0.15) is 0 Å². The van der Waals surface area contributed by atoms with Crippen molar-refractivity contribution in [2.45, 2.75) is 6.92 Å². The summed E-state index contributed by atoms with van der Waals surface area (Å²) in [4.78, 5) is 12.2. The van der Waals surface area contributed by atoms with Crippen LogP contribution in [0.15, 0.2) is 40.9 Å². The number of anilines is 1. The van der Waals surface area contributed by atoms with Crippen LogP contribution in [-0.4, -0.2) is 5.91 Å². The molecule has 0 saturated carbocycles. The van der Waals surface area contributed by atoms with Gasteiger partial charge in [0.2, 0.25) is 0 Å². The number of carbonyl (C=O) groups excluding carboxylic acids is 1. The molecule has 0 fully saturated rings. The van der Waals surface area contributed by atoms with E-state index >= 15 is 0 Å². The maximum absolute atomic E-state index is 12.2. The Morgan fingerprint density at radius 1 is 1.11 bits per heavy atom. The Balaban J connectivity index is 2.25. The number of halogens is 3. The molecule has 98 valence electrons. The van der Waals surface area contributed by atoms with E-state index < -0.39 is 0 Å². The molecule has 1 N–H and O–H groups in total. The minimum Gasteiger partial charge on any atom is -0.322 e. The third kappa shape index (κ3) is 3.50. The van der Waals surface area contributed by atoms with Gasteiger partial charge < -0.3 is 5.32 Å². The molecule has 2 aromatic carbocycles. The molecule has 2 rings (SSSR count). The zero-order valence-corrected chi connectivity index (χ0v) is 13.1. The first kappa shape index (κ1) is 14.4. The number of amides is 1. The molecular formula is C14H10BrCl2NO. The molecule has 0 aliphatic carbocycles. The molecule has 1 amide bonds. The molecule has 0 bridgehead atoms. The van der Waals surface area contributed by atoms with Gasteiger partial charge in [0, 0.05) is 15.7 Å². The Labute approximate surface area is 129 Å². The van der Waals surface area contributed by atoms with Crippen molar-refractivity contribution in [1.29, 1.82) is 0 Å². The van der Waals surface area contributed by atoms with Crippen LogP contribution in [-0.2, 0) is 0 Å². The van der Waals surface area contributed by atoms with Crippen LogP contribution in [0.5, 0.6) is 0 Å². The van der Waals surface area contributed by atoms with Gasteiger partial charge in [-0.15, -0.1) is 0 Å². The maximum atomic E-state index is 12.2. The Morgan fingerprint density at radius 3 is 2.53 bits per heavy atom. The number of benzene rings is 2. The average molecular weight is 359 g/mol. The lowest BCUT2D eigenvalue weighted by molar-refractivity contribution is 0.102. The van der Waals surface area contributed by atoms with E-state index in [4.69, 9.17) is 23.2 Å².